The third-order valence-electron chi connectivity index (χ3n) is 1.99. The van der Waals surface area contributed by atoms with Gasteiger partial charge in [-0.25, -0.2) is 13.1 Å². The van der Waals surface area contributed by atoms with Gasteiger partial charge in [0.1, 0.15) is 0 Å². The van der Waals surface area contributed by atoms with Gasteiger partial charge in [-0.2, -0.15) is 0 Å². The van der Waals surface area contributed by atoms with Gasteiger partial charge in [0.2, 0.25) is 10.0 Å². The Balaban J connectivity index is 2.58. The third-order valence-corrected chi connectivity index (χ3v) is 3.74. The minimum Gasteiger partial charge on any atom is -0.395 e. The Kier molecular flexibility index (Phi) is 4.19. The van der Waals surface area contributed by atoms with E-state index in [4.69, 9.17) is 5.11 Å². The highest BCUT2D eigenvalue weighted by molar-refractivity contribution is 7.90. The minimum absolute atomic E-state index is 0.195. The zero-order chi connectivity index (χ0) is 11.3. The van der Waals surface area contributed by atoms with E-state index in [9.17, 15) is 8.42 Å². The van der Waals surface area contributed by atoms with Crippen molar-refractivity contribution in [3.05, 3.63) is 30.1 Å². The van der Waals surface area contributed by atoms with E-state index in [1.165, 1.54) is 6.92 Å². The number of rotatable bonds is 5. The Morgan fingerprint density at radius 3 is 2.87 bits per heavy atom. The number of pyridine rings is 1. The maximum absolute atomic E-state index is 11.4. The molecule has 1 atom stereocenters. The molecule has 0 amide bonds. The Labute approximate surface area is 89.2 Å². The van der Waals surface area contributed by atoms with Gasteiger partial charge in [0, 0.05) is 18.9 Å². The highest BCUT2D eigenvalue weighted by Crippen LogP contribution is 2.00. The molecule has 0 fully saturated rings. The van der Waals surface area contributed by atoms with Crippen LogP contribution in [0, 0.1) is 0 Å². The minimum atomic E-state index is -3.44. The van der Waals surface area contributed by atoms with Crippen LogP contribution in [0.5, 0.6) is 0 Å². The van der Waals surface area contributed by atoms with Crippen molar-refractivity contribution in [2.75, 3.05) is 6.61 Å². The number of aromatic nitrogens is 1. The zero-order valence-corrected chi connectivity index (χ0v) is 9.24. The van der Waals surface area contributed by atoms with Gasteiger partial charge in [0.25, 0.3) is 0 Å². The maximum atomic E-state index is 11.4. The molecule has 0 saturated carbocycles. The number of nitrogens with one attached hydrogen (secondary N) is 1. The van der Waals surface area contributed by atoms with E-state index in [2.05, 4.69) is 9.71 Å². The molecule has 5 nitrogen and oxygen atoms in total. The van der Waals surface area contributed by atoms with E-state index in [1.807, 2.05) is 0 Å². The average molecular weight is 230 g/mol. The zero-order valence-electron chi connectivity index (χ0n) is 8.42. The van der Waals surface area contributed by atoms with Crippen LogP contribution >= 0.6 is 0 Å². The molecule has 0 aromatic carbocycles. The second kappa shape index (κ2) is 5.20. The van der Waals surface area contributed by atoms with Crippen LogP contribution in [-0.2, 0) is 16.6 Å². The molecule has 1 heterocycles. The molecule has 1 unspecified atom stereocenters. The van der Waals surface area contributed by atoms with Crippen LogP contribution in [0.4, 0.5) is 0 Å². The SMILES string of the molecule is CC(CO)S(=O)(=O)NCc1cccnc1. The summed E-state index contributed by atoms with van der Waals surface area (Å²) in [6.45, 7) is 1.26. The number of hydrogen-bond donors (Lipinski definition) is 2. The first kappa shape index (κ1) is 12.1. The van der Waals surface area contributed by atoms with Crippen molar-refractivity contribution in [1.29, 1.82) is 0 Å². The summed E-state index contributed by atoms with van der Waals surface area (Å²) in [5.74, 6) is 0. The number of aliphatic hydroxyl groups is 1. The molecule has 1 aromatic rings. The van der Waals surface area contributed by atoms with E-state index >= 15 is 0 Å². The van der Waals surface area contributed by atoms with Gasteiger partial charge < -0.3 is 5.11 Å². The first-order chi connectivity index (χ1) is 7.06. The summed E-state index contributed by atoms with van der Waals surface area (Å²) in [6, 6.07) is 3.51. The highest BCUT2D eigenvalue weighted by Gasteiger charge is 2.18. The van der Waals surface area contributed by atoms with Crippen molar-refractivity contribution < 1.29 is 13.5 Å². The highest BCUT2D eigenvalue weighted by atomic mass is 32.2. The summed E-state index contributed by atoms with van der Waals surface area (Å²) in [6.07, 6.45) is 3.21. The topological polar surface area (TPSA) is 79.3 Å². The van der Waals surface area contributed by atoms with Crippen molar-refractivity contribution in [2.24, 2.45) is 0 Å². The lowest BCUT2D eigenvalue weighted by atomic mass is 10.3. The molecule has 15 heavy (non-hydrogen) atoms. The molecule has 2 N–H and O–H groups in total. The lowest BCUT2D eigenvalue weighted by Crippen LogP contribution is -2.34. The van der Waals surface area contributed by atoms with E-state index in [0.717, 1.165) is 5.56 Å². The van der Waals surface area contributed by atoms with Crippen molar-refractivity contribution >= 4 is 10.0 Å². The summed E-state index contributed by atoms with van der Waals surface area (Å²) in [5.41, 5.74) is 0.784. The van der Waals surface area contributed by atoms with Gasteiger partial charge in [-0.05, 0) is 18.6 Å². The molecule has 84 valence electrons. The molecule has 0 aliphatic rings. The Bertz CT molecular complexity index is 391. The van der Waals surface area contributed by atoms with Crippen molar-refractivity contribution in [3.8, 4) is 0 Å². The van der Waals surface area contributed by atoms with Crippen LogP contribution in [0.2, 0.25) is 0 Å². The van der Waals surface area contributed by atoms with Gasteiger partial charge in [-0.1, -0.05) is 6.07 Å². The quantitative estimate of drug-likeness (QED) is 0.739. The smallest absolute Gasteiger partial charge is 0.216 e. The molecular weight excluding hydrogens is 216 g/mol. The molecule has 1 rings (SSSR count). The van der Waals surface area contributed by atoms with Crippen LogP contribution in [0.15, 0.2) is 24.5 Å². The van der Waals surface area contributed by atoms with E-state index in [-0.39, 0.29) is 13.2 Å². The molecular formula is C9H14N2O3S. The van der Waals surface area contributed by atoms with Crippen molar-refractivity contribution in [1.82, 2.24) is 9.71 Å². The number of sulfonamides is 1. The summed E-state index contributed by atoms with van der Waals surface area (Å²) in [5, 5.41) is 7.94. The monoisotopic (exact) mass is 230 g/mol. The van der Waals surface area contributed by atoms with E-state index < -0.39 is 15.3 Å². The average Bonchev–Trinajstić information content (AvgIpc) is 2.27. The predicted octanol–water partition coefficient (Wildman–Crippen LogP) is -0.118. The Morgan fingerprint density at radius 1 is 1.60 bits per heavy atom. The van der Waals surface area contributed by atoms with Crippen molar-refractivity contribution in [2.45, 2.75) is 18.7 Å². The summed E-state index contributed by atoms with van der Waals surface area (Å²) < 4.78 is 25.3. The second-order valence-electron chi connectivity index (χ2n) is 3.22. The van der Waals surface area contributed by atoms with Gasteiger partial charge >= 0.3 is 0 Å². The molecule has 0 radical (unpaired) electrons. The molecule has 0 aliphatic carbocycles. The van der Waals surface area contributed by atoms with Crippen LogP contribution in [0.1, 0.15) is 12.5 Å². The largest absolute Gasteiger partial charge is 0.395 e. The van der Waals surface area contributed by atoms with Crippen LogP contribution < -0.4 is 4.72 Å². The number of nitrogens with zero attached hydrogens (tertiary/aromatic N) is 1. The maximum Gasteiger partial charge on any atom is 0.216 e. The Morgan fingerprint density at radius 2 is 2.33 bits per heavy atom. The molecule has 0 spiro atoms. The second-order valence-corrected chi connectivity index (χ2v) is 5.40. The Hall–Kier alpha value is -0.980. The predicted molar refractivity (Wildman–Crippen MR) is 56.5 cm³/mol. The standard InChI is InChI=1S/C9H14N2O3S/c1-8(7-12)15(13,14)11-6-9-3-2-4-10-5-9/h2-5,8,11-12H,6-7H2,1H3. The lowest BCUT2D eigenvalue weighted by Gasteiger charge is -2.10. The summed E-state index contributed by atoms with van der Waals surface area (Å²) in [4.78, 5) is 3.87. The molecule has 0 bridgehead atoms. The van der Waals surface area contributed by atoms with Crippen LogP contribution in [0.25, 0.3) is 0 Å². The molecule has 6 heteroatoms. The van der Waals surface area contributed by atoms with Gasteiger partial charge in [-0.15, -0.1) is 0 Å². The van der Waals surface area contributed by atoms with Gasteiger partial charge in [0.15, 0.2) is 0 Å². The normalized spacial score (nSPS) is 13.7. The fourth-order valence-corrected chi connectivity index (χ4v) is 1.78. The van der Waals surface area contributed by atoms with Crippen LogP contribution in [-0.4, -0.2) is 30.4 Å². The number of aliphatic hydroxyl groups excluding tert-OH is 1. The fourth-order valence-electron chi connectivity index (χ4n) is 0.927. The van der Waals surface area contributed by atoms with Crippen LogP contribution in [0.3, 0.4) is 0 Å². The molecule has 0 saturated heterocycles. The fraction of sp³-hybridized carbons (Fsp3) is 0.444. The summed E-state index contributed by atoms with van der Waals surface area (Å²) >= 11 is 0. The summed E-state index contributed by atoms with van der Waals surface area (Å²) in [7, 11) is -3.44. The molecule has 0 aliphatic heterocycles. The van der Waals surface area contributed by atoms with E-state index in [1.54, 1.807) is 24.5 Å². The van der Waals surface area contributed by atoms with Crippen molar-refractivity contribution in [3.63, 3.8) is 0 Å². The first-order valence-corrected chi connectivity index (χ1v) is 6.09. The van der Waals surface area contributed by atoms with Gasteiger partial charge in [-0.3, -0.25) is 4.98 Å². The first-order valence-electron chi connectivity index (χ1n) is 4.54. The lowest BCUT2D eigenvalue weighted by molar-refractivity contribution is 0.294. The van der Waals surface area contributed by atoms with Gasteiger partial charge in [0.05, 0.1) is 11.9 Å². The third kappa shape index (κ3) is 3.58. The molecule has 1 aromatic heterocycles. The van der Waals surface area contributed by atoms with E-state index in [0.29, 0.717) is 0 Å². The number of hydrogen-bond acceptors (Lipinski definition) is 4.